The molecule has 1 N–H and O–H groups in total. The van der Waals surface area contributed by atoms with Gasteiger partial charge >= 0.3 is 0 Å². The maximum atomic E-state index is 11.7. The predicted octanol–water partition coefficient (Wildman–Crippen LogP) is 0.644. The minimum Gasteiger partial charge on any atom is -0.396 e. The lowest BCUT2D eigenvalue weighted by Crippen LogP contribution is -2.45. The Kier molecular flexibility index (Phi) is 3.50. The molecular formula is C12H21NO3. The van der Waals surface area contributed by atoms with Gasteiger partial charge in [0.1, 0.15) is 0 Å². The van der Waals surface area contributed by atoms with Crippen LogP contribution in [0.15, 0.2) is 0 Å². The van der Waals surface area contributed by atoms with Crippen LogP contribution >= 0.6 is 0 Å². The lowest BCUT2D eigenvalue weighted by Gasteiger charge is -2.43. The predicted molar refractivity (Wildman–Crippen MR) is 59.9 cm³/mol. The molecule has 92 valence electrons. The second-order valence-electron chi connectivity index (χ2n) is 5.31. The first-order chi connectivity index (χ1) is 7.69. The van der Waals surface area contributed by atoms with Gasteiger partial charge in [-0.1, -0.05) is 6.42 Å². The van der Waals surface area contributed by atoms with Gasteiger partial charge < -0.3 is 14.7 Å². The summed E-state index contributed by atoms with van der Waals surface area (Å²) in [6.45, 7) is 2.41. The molecule has 0 aromatic rings. The summed E-state index contributed by atoms with van der Waals surface area (Å²) in [6, 6.07) is 0. The van der Waals surface area contributed by atoms with Crippen LogP contribution in [0.4, 0.5) is 0 Å². The molecular weight excluding hydrogens is 206 g/mol. The Bertz CT molecular complexity index is 263. The van der Waals surface area contributed by atoms with Crippen LogP contribution < -0.4 is 0 Å². The van der Waals surface area contributed by atoms with Crippen molar-refractivity contribution in [2.45, 2.75) is 25.7 Å². The molecule has 1 amide bonds. The summed E-state index contributed by atoms with van der Waals surface area (Å²) in [5.41, 5.74) is 0.203. The average Bonchev–Trinajstić information content (AvgIpc) is 2.56. The zero-order valence-corrected chi connectivity index (χ0v) is 9.95. The van der Waals surface area contributed by atoms with Crippen LogP contribution in [0, 0.1) is 11.3 Å². The molecule has 0 spiro atoms. The minimum absolute atomic E-state index is 0.125. The summed E-state index contributed by atoms with van der Waals surface area (Å²) < 4.78 is 5.26. The number of hydrogen-bond donors (Lipinski definition) is 1. The fraction of sp³-hybridized carbons (Fsp3) is 0.917. The van der Waals surface area contributed by atoms with Gasteiger partial charge in [0, 0.05) is 44.6 Å². The molecule has 0 bridgehead atoms. The number of ether oxygens (including phenoxy) is 1. The van der Waals surface area contributed by atoms with Gasteiger partial charge in [0.15, 0.2) is 0 Å². The van der Waals surface area contributed by atoms with Crippen LogP contribution in [0.25, 0.3) is 0 Å². The highest BCUT2D eigenvalue weighted by Gasteiger charge is 2.41. The summed E-state index contributed by atoms with van der Waals surface area (Å²) in [5, 5.41) is 9.07. The van der Waals surface area contributed by atoms with Crippen molar-refractivity contribution in [3.63, 3.8) is 0 Å². The molecule has 1 unspecified atom stereocenters. The molecule has 0 radical (unpaired) electrons. The van der Waals surface area contributed by atoms with Gasteiger partial charge in [0.25, 0.3) is 0 Å². The number of amides is 1. The molecule has 16 heavy (non-hydrogen) atoms. The van der Waals surface area contributed by atoms with Crippen LogP contribution in [0.1, 0.15) is 25.7 Å². The second-order valence-corrected chi connectivity index (χ2v) is 5.31. The lowest BCUT2D eigenvalue weighted by molar-refractivity contribution is -0.131. The van der Waals surface area contributed by atoms with Gasteiger partial charge in [-0.3, -0.25) is 4.79 Å². The number of nitrogens with zero attached hydrogens (tertiary/aromatic N) is 1. The number of carbonyl (C=O) groups excluding carboxylic acids is 1. The zero-order chi connectivity index (χ0) is 11.6. The number of methoxy groups -OCH3 is 1. The monoisotopic (exact) mass is 227 g/mol. The molecule has 4 heteroatoms. The Labute approximate surface area is 96.6 Å². The fourth-order valence-electron chi connectivity index (χ4n) is 2.87. The summed E-state index contributed by atoms with van der Waals surface area (Å²) in [4.78, 5) is 13.7. The molecule has 1 saturated heterocycles. The van der Waals surface area contributed by atoms with Crippen LogP contribution in [-0.2, 0) is 9.53 Å². The average molecular weight is 227 g/mol. The van der Waals surface area contributed by atoms with E-state index < -0.39 is 0 Å². The molecule has 2 aliphatic rings. The van der Waals surface area contributed by atoms with E-state index in [9.17, 15) is 4.79 Å². The standard InChI is InChI=1S/C12H21NO3/c1-16-9-12(3-2-4-12)8-13-6-10(7-14)5-11(13)15/h10,14H,2-9H2,1H3. The smallest absolute Gasteiger partial charge is 0.223 e. The molecule has 0 aromatic heterocycles. The Balaban J connectivity index is 1.91. The molecule has 1 aliphatic heterocycles. The first-order valence-electron chi connectivity index (χ1n) is 6.07. The van der Waals surface area contributed by atoms with E-state index in [1.54, 1.807) is 7.11 Å². The van der Waals surface area contributed by atoms with Crippen molar-refractivity contribution in [2.24, 2.45) is 11.3 Å². The van der Waals surface area contributed by atoms with E-state index in [2.05, 4.69) is 0 Å². The van der Waals surface area contributed by atoms with Gasteiger partial charge in [-0.05, 0) is 12.8 Å². The molecule has 4 nitrogen and oxygen atoms in total. The minimum atomic E-state index is 0.125. The van der Waals surface area contributed by atoms with Crippen molar-refractivity contribution >= 4 is 5.91 Å². The Morgan fingerprint density at radius 3 is 2.75 bits per heavy atom. The first kappa shape index (κ1) is 11.9. The number of rotatable bonds is 5. The highest BCUT2D eigenvalue weighted by molar-refractivity contribution is 5.78. The van der Waals surface area contributed by atoms with Crippen molar-refractivity contribution < 1.29 is 14.6 Å². The SMILES string of the molecule is COCC1(CN2CC(CO)CC2=O)CCC1. The highest BCUT2D eigenvalue weighted by Crippen LogP contribution is 2.42. The van der Waals surface area contributed by atoms with Crippen LogP contribution in [0.2, 0.25) is 0 Å². The maximum absolute atomic E-state index is 11.7. The largest absolute Gasteiger partial charge is 0.396 e. The lowest BCUT2D eigenvalue weighted by atomic mass is 9.69. The maximum Gasteiger partial charge on any atom is 0.223 e. The van der Waals surface area contributed by atoms with Crippen molar-refractivity contribution in [2.75, 3.05) is 33.4 Å². The third-order valence-electron chi connectivity index (χ3n) is 3.94. The Hall–Kier alpha value is -0.610. The summed E-state index contributed by atoms with van der Waals surface area (Å²) in [7, 11) is 1.72. The molecule has 2 fully saturated rings. The summed E-state index contributed by atoms with van der Waals surface area (Å²) >= 11 is 0. The molecule has 1 heterocycles. The van der Waals surface area contributed by atoms with Crippen molar-refractivity contribution in [3.8, 4) is 0 Å². The molecule has 0 aromatic carbocycles. The topological polar surface area (TPSA) is 49.8 Å². The highest BCUT2D eigenvalue weighted by atomic mass is 16.5. The number of carbonyl (C=O) groups is 1. The molecule has 1 saturated carbocycles. The molecule has 1 aliphatic carbocycles. The van der Waals surface area contributed by atoms with E-state index in [0.29, 0.717) is 6.42 Å². The van der Waals surface area contributed by atoms with Crippen molar-refractivity contribution in [3.05, 3.63) is 0 Å². The van der Waals surface area contributed by atoms with E-state index in [-0.39, 0.29) is 23.8 Å². The number of hydrogen-bond acceptors (Lipinski definition) is 3. The summed E-state index contributed by atoms with van der Waals surface area (Å²) in [6.07, 6.45) is 4.08. The van der Waals surface area contributed by atoms with Gasteiger partial charge in [-0.25, -0.2) is 0 Å². The zero-order valence-electron chi connectivity index (χ0n) is 9.95. The first-order valence-corrected chi connectivity index (χ1v) is 6.07. The third-order valence-corrected chi connectivity index (χ3v) is 3.94. The number of likely N-dealkylation sites (tertiary alicyclic amines) is 1. The number of aliphatic hydroxyl groups is 1. The van der Waals surface area contributed by atoms with E-state index in [1.807, 2.05) is 4.90 Å². The van der Waals surface area contributed by atoms with Gasteiger partial charge in [-0.15, -0.1) is 0 Å². The molecule has 1 atom stereocenters. The van der Waals surface area contributed by atoms with Crippen LogP contribution in [0.3, 0.4) is 0 Å². The van der Waals surface area contributed by atoms with E-state index in [4.69, 9.17) is 9.84 Å². The molecule has 2 rings (SSSR count). The second kappa shape index (κ2) is 4.72. The number of aliphatic hydroxyl groups excluding tert-OH is 1. The summed E-state index contributed by atoms with van der Waals surface area (Å²) in [5.74, 6) is 0.341. The van der Waals surface area contributed by atoms with Gasteiger partial charge in [0.2, 0.25) is 5.91 Å². The van der Waals surface area contributed by atoms with Crippen LogP contribution in [-0.4, -0.2) is 49.3 Å². The Morgan fingerprint density at radius 2 is 2.31 bits per heavy atom. The van der Waals surface area contributed by atoms with E-state index >= 15 is 0 Å². The van der Waals surface area contributed by atoms with Gasteiger partial charge in [0.05, 0.1) is 6.61 Å². The van der Waals surface area contributed by atoms with Crippen molar-refractivity contribution in [1.82, 2.24) is 4.90 Å². The normalized spacial score (nSPS) is 28.2. The fourth-order valence-corrected chi connectivity index (χ4v) is 2.87. The third kappa shape index (κ3) is 2.23. The van der Waals surface area contributed by atoms with Gasteiger partial charge in [-0.2, -0.15) is 0 Å². The van der Waals surface area contributed by atoms with E-state index in [1.165, 1.54) is 6.42 Å². The van der Waals surface area contributed by atoms with Crippen molar-refractivity contribution in [1.29, 1.82) is 0 Å². The van der Waals surface area contributed by atoms with E-state index in [0.717, 1.165) is 32.5 Å². The quantitative estimate of drug-likeness (QED) is 0.750. The Morgan fingerprint density at radius 1 is 1.56 bits per heavy atom. The van der Waals surface area contributed by atoms with Crippen LogP contribution in [0.5, 0.6) is 0 Å².